The van der Waals surface area contributed by atoms with Crippen molar-refractivity contribution in [2.75, 3.05) is 0 Å². The molecule has 2 heterocycles. The van der Waals surface area contributed by atoms with E-state index < -0.39 is 12.0 Å². The van der Waals surface area contributed by atoms with E-state index in [1.165, 1.54) is 0 Å². The number of carboxylic acid groups (broad SMARTS) is 1. The van der Waals surface area contributed by atoms with Gasteiger partial charge in [0, 0.05) is 12.6 Å². The van der Waals surface area contributed by atoms with Gasteiger partial charge >= 0.3 is 5.97 Å². The summed E-state index contributed by atoms with van der Waals surface area (Å²) in [4.78, 5) is 21.8. The average molecular weight is 232 g/mol. The van der Waals surface area contributed by atoms with Crippen molar-refractivity contribution in [2.45, 2.75) is 12.5 Å². The molecule has 0 fully saturated rings. The molecular formula is C11H12N4O2. The Morgan fingerprint density at radius 2 is 2.29 bits per heavy atom. The Labute approximate surface area is 97.5 Å². The van der Waals surface area contributed by atoms with Crippen LogP contribution in [-0.2, 0) is 11.2 Å². The SMILES string of the molecule is NC(Cc1ncc(-c2ccccn2)[nH]1)C(=O)O. The van der Waals surface area contributed by atoms with E-state index >= 15 is 0 Å². The number of carboxylic acids is 1. The number of aliphatic carboxylic acids is 1. The number of carbonyl (C=O) groups is 1. The molecule has 1 atom stereocenters. The van der Waals surface area contributed by atoms with Gasteiger partial charge in [-0.25, -0.2) is 4.98 Å². The summed E-state index contributed by atoms with van der Waals surface area (Å²) in [5.41, 5.74) is 6.93. The number of rotatable bonds is 4. The van der Waals surface area contributed by atoms with Crippen LogP contribution in [0.25, 0.3) is 11.4 Å². The van der Waals surface area contributed by atoms with Gasteiger partial charge < -0.3 is 15.8 Å². The van der Waals surface area contributed by atoms with E-state index in [2.05, 4.69) is 15.0 Å². The lowest BCUT2D eigenvalue weighted by Crippen LogP contribution is -2.32. The molecule has 2 aromatic rings. The first-order chi connectivity index (χ1) is 8.16. The van der Waals surface area contributed by atoms with Gasteiger partial charge in [-0.3, -0.25) is 9.78 Å². The molecule has 0 radical (unpaired) electrons. The van der Waals surface area contributed by atoms with Crippen molar-refractivity contribution in [1.82, 2.24) is 15.0 Å². The van der Waals surface area contributed by atoms with Crippen molar-refractivity contribution < 1.29 is 9.90 Å². The van der Waals surface area contributed by atoms with Crippen LogP contribution in [0.4, 0.5) is 0 Å². The maximum atomic E-state index is 10.6. The summed E-state index contributed by atoms with van der Waals surface area (Å²) in [6.45, 7) is 0. The summed E-state index contributed by atoms with van der Waals surface area (Å²) in [5, 5.41) is 8.69. The lowest BCUT2D eigenvalue weighted by Gasteiger charge is -2.02. The molecule has 1 unspecified atom stereocenters. The highest BCUT2D eigenvalue weighted by Gasteiger charge is 2.14. The van der Waals surface area contributed by atoms with Gasteiger partial charge in [-0.1, -0.05) is 6.07 Å². The number of hydrogen-bond donors (Lipinski definition) is 3. The number of pyridine rings is 1. The molecule has 0 aliphatic heterocycles. The summed E-state index contributed by atoms with van der Waals surface area (Å²) in [6, 6.07) is 4.58. The molecule has 0 aromatic carbocycles. The minimum absolute atomic E-state index is 0.169. The number of aromatic amines is 1. The lowest BCUT2D eigenvalue weighted by molar-refractivity contribution is -0.138. The summed E-state index contributed by atoms with van der Waals surface area (Å²) in [6.07, 6.45) is 3.47. The maximum absolute atomic E-state index is 10.6. The first-order valence-corrected chi connectivity index (χ1v) is 5.10. The molecule has 2 rings (SSSR count). The number of nitrogens with one attached hydrogen (secondary N) is 1. The Kier molecular flexibility index (Phi) is 3.15. The highest BCUT2D eigenvalue weighted by atomic mass is 16.4. The van der Waals surface area contributed by atoms with Crippen LogP contribution in [0.3, 0.4) is 0 Å². The van der Waals surface area contributed by atoms with E-state index in [-0.39, 0.29) is 6.42 Å². The fourth-order valence-corrected chi connectivity index (χ4v) is 1.41. The number of hydrogen-bond acceptors (Lipinski definition) is 4. The Morgan fingerprint density at radius 1 is 1.47 bits per heavy atom. The predicted octanol–water partition coefficient (Wildman–Crippen LogP) is 0.426. The van der Waals surface area contributed by atoms with Crippen molar-refractivity contribution in [1.29, 1.82) is 0 Å². The molecule has 0 spiro atoms. The molecule has 0 aliphatic rings. The summed E-state index contributed by atoms with van der Waals surface area (Å²) in [7, 11) is 0. The van der Waals surface area contributed by atoms with Crippen LogP contribution in [0.2, 0.25) is 0 Å². The molecule has 0 saturated carbocycles. The minimum atomic E-state index is -1.04. The lowest BCUT2D eigenvalue weighted by atomic mass is 10.2. The van der Waals surface area contributed by atoms with E-state index in [1.807, 2.05) is 18.2 Å². The van der Waals surface area contributed by atoms with Crippen LogP contribution in [0.5, 0.6) is 0 Å². The fraction of sp³-hybridized carbons (Fsp3) is 0.182. The van der Waals surface area contributed by atoms with Crippen molar-refractivity contribution in [3.8, 4) is 11.4 Å². The van der Waals surface area contributed by atoms with Crippen molar-refractivity contribution >= 4 is 5.97 Å². The number of imidazole rings is 1. The largest absolute Gasteiger partial charge is 0.480 e. The zero-order valence-electron chi connectivity index (χ0n) is 9.00. The smallest absolute Gasteiger partial charge is 0.320 e. The second-order valence-electron chi connectivity index (χ2n) is 3.61. The van der Waals surface area contributed by atoms with E-state index in [0.29, 0.717) is 5.82 Å². The van der Waals surface area contributed by atoms with E-state index in [4.69, 9.17) is 10.8 Å². The second-order valence-corrected chi connectivity index (χ2v) is 3.61. The van der Waals surface area contributed by atoms with Gasteiger partial charge in [-0.2, -0.15) is 0 Å². The zero-order valence-corrected chi connectivity index (χ0v) is 9.00. The second kappa shape index (κ2) is 4.75. The third kappa shape index (κ3) is 2.67. The van der Waals surface area contributed by atoms with Crippen LogP contribution >= 0.6 is 0 Å². The standard InChI is InChI=1S/C11H12N4O2/c12-7(11(16)17)5-10-14-6-9(15-10)8-3-1-2-4-13-8/h1-4,6-7H,5,12H2,(H,14,15)(H,16,17). The molecule has 0 bridgehead atoms. The highest BCUT2D eigenvalue weighted by Crippen LogP contribution is 2.13. The van der Waals surface area contributed by atoms with Crippen molar-refractivity contribution in [3.05, 3.63) is 36.4 Å². The van der Waals surface area contributed by atoms with Crippen LogP contribution in [0.1, 0.15) is 5.82 Å². The summed E-state index contributed by atoms with van der Waals surface area (Å²) < 4.78 is 0. The normalized spacial score (nSPS) is 12.3. The Balaban J connectivity index is 2.14. The first kappa shape index (κ1) is 11.3. The van der Waals surface area contributed by atoms with Gasteiger partial charge in [0.1, 0.15) is 11.9 Å². The molecule has 4 N–H and O–H groups in total. The Morgan fingerprint density at radius 3 is 2.94 bits per heavy atom. The number of H-pyrrole nitrogens is 1. The van der Waals surface area contributed by atoms with Crippen LogP contribution in [0, 0.1) is 0 Å². The molecule has 17 heavy (non-hydrogen) atoms. The van der Waals surface area contributed by atoms with Crippen LogP contribution in [0.15, 0.2) is 30.6 Å². The van der Waals surface area contributed by atoms with Crippen LogP contribution in [-0.4, -0.2) is 32.1 Å². The molecule has 2 aromatic heterocycles. The fourth-order valence-electron chi connectivity index (χ4n) is 1.41. The van der Waals surface area contributed by atoms with E-state index in [1.54, 1.807) is 12.4 Å². The maximum Gasteiger partial charge on any atom is 0.320 e. The number of nitrogens with two attached hydrogens (primary N) is 1. The zero-order chi connectivity index (χ0) is 12.3. The van der Waals surface area contributed by atoms with E-state index in [9.17, 15) is 4.79 Å². The molecular weight excluding hydrogens is 220 g/mol. The van der Waals surface area contributed by atoms with Gasteiger partial charge in [0.25, 0.3) is 0 Å². The molecule has 0 amide bonds. The van der Waals surface area contributed by atoms with Crippen molar-refractivity contribution in [2.24, 2.45) is 5.73 Å². The number of nitrogens with zero attached hydrogens (tertiary/aromatic N) is 2. The van der Waals surface area contributed by atoms with E-state index in [0.717, 1.165) is 11.4 Å². The summed E-state index contributed by atoms with van der Waals surface area (Å²) in [5.74, 6) is -0.499. The Hall–Kier alpha value is -2.21. The van der Waals surface area contributed by atoms with Gasteiger partial charge in [0.2, 0.25) is 0 Å². The molecule has 0 aliphatic carbocycles. The van der Waals surface area contributed by atoms with Gasteiger partial charge in [-0.05, 0) is 12.1 Å². The first-order valence-electron chi connectivity index (χ1n) is 5.10. The summed E-state index contributed by atoms with van der Waals surface area (Å²) >= 11 is 0. The van der Waals surface area contributed by atoms with Crippen molar-refractivity contribution in [3.63, 3.8) is 0 Å². The molecule has 0 saturated heterocycles. The monoisotopic (exact) mass is 232 g/mol. The quantitative estimate of drug-likeness (QED) is 0.708. The molecule has 88 valence electrons. The van der Waals surface area contributed by atoms with Crippen LogP contribution < -0.4 is 5.73 Å². The van der Waals surface area contributed by atoms with Gasteiger partial charge in [-0.15, -0.1) is 0 Å². The average Bonchev–Trinajstić information content (AvgIpc) is 2.78. The topological polar surface area (TPSA) is 105 Å². The van der Waals surface area contributed by atoms with Gasteiger partial charge in [0.15, 0.2) is 0 Å². The minimum Gasteiger partial charge on any atom is -0.480 e. The third-order valence-electron chi connectivity index (χ3n) is 2.30. The highest BCUT2D eigenvalue weighted by molar-refractivity contribution is 5.73. The third-order valence-corrected chi connectivity index (χ3v) is 2.30. The number of aromatic nitrogens is 3. The predicted molar refractivity (Wildman–Crippen MR) is 61.1 cm³/mol. The molecule has 6 nitrogen and oxygen atoms in total. The Bertz CT molecular complexity index is 509. The molecule has 6 heteroatoms. The van der Waals surface area contributed by atoms with Gasteiger partial charge in [0.05, 0.1) is 17.6 Å².